The summed E-state index contributed by atoms with van der Waals surface area (Å²) in [6.07, 6.45) is 0. The Morgan fingerprint density at radius 3 is 2.78 bits per heavy atom. The molecule has 0 aliphatic rings. The topological polar surface area (TPSA) is 67.0 Å². The van der Waals surface area contributed by atoms with Crippen LogP contribution >= 0.6 is 11.8 Å². The lowest BCUT2D eigenvalue weighted by atomic mass is 10.2. The predicted molar refractivity (Wildman–Crippen MR) is 97.5 cm³/mol. The number of hydrogen-bond acceptors (Lipinski definition) is 4. The Kier molecular flexibility index (Phi) is 5.59. The summed E-state index contributed by atoms with van der Waals surface area (Å²) < 4.78 is 45.3. The van der Waals surface area contributed by atoms with Gasteiger partial charge in [-0.05, 0) is 38.1 Å². The number of imidazole rings is 1. The van der Waals surface area contributed by atoms with Crippen LogP contribution in [0.25, 0.3) is 11.0 Å². The first-order valence-corrected chi connectivity index (χ1v) is 9.00. The molecular formula is C18H16F3N3O2S. The maximum absolute atomic E-state index is 13.7. The maximum atomic E-state index is 13.7. The summed E-state index contributed by atoms with van der Waals surface area (Å²) in [5, 5.41) is 2.08. The van der Waals surface area contributed by atoms with E-state index < -0.39 is 34.3 Å². The number of rotatable bonds is 6. The van der Waals surface area contributed by atoms with Gasteiger partial charge in [-0.2, -0.15) is 0 Å². The van der Waals surface area contributed by atoms with E-state index >= 15 is 0 Å². The van der Waals surface area contributed by atoms with Gasteiger partial charge in [0.05, 0.1) is 28.6 Å². The number of nitrogens with zero attached hydrogens (tertiary/aromatic N) is 1. The number of halogens is 3. The van der Waals surface area contributed by atoms with Crippen LogP contribution in [0.15, 0.2) is 35.5 Å². The lowest BCUT2D eigenvalue weighted by Gasteiger charge is -2.11. The molecule has 0 radical (unpaired) electrons. The van der Waals surface area contributed by atoms with Crippen molar-refractivity contribution in [2.24, 2.45) is 0 Å². The first-order chi connectivity index (χ1) is 12.9. The van der Waals surface area contributed by atoms with E-state index in [0.717, 1.165) is 29.4 Å². The number of benzene rings is 2. The van der Waals surface area contributed by atoms with Crippen LogP contribution < -0.4 is 10.1 Å². The Labute approximate surface area is 157 Å². The Bertz CT molecular complexity index is 993. The predicted octanol–water partition coefficient (Wildman–Crippen LogP) is 4.50. The Morgan fingerprint density at radius 1 is 1.26 bits per heavy atom. The monoisotopic (exact) mass is 395 g/mol. The molecule has 9 heteroatoms. The molecule has 1 unspecified atom stereocenters. The summed E-state index contributed by atoms with van der Waals surface area (Å²) in [6.45, 7) is 4.02. The minimum absolute atomic E-state index is 0.419. The number of aromatic amines is 1. The van der Waals surface area contributed by atoms with E-state index in [1.807, 2.05) is 6.92 Å². The highest BCUT2D eigenvalue weighted by Gasteiger charge is 2.20. The van der Waals surface area contributed by atoms with Crippen molar-refractivity contribution in [3.63, 3.8) is 0 Å². The highest BCUT2D eigenvalue weighted by molar-refractivity contribution is 8.00. The number of ether oxygens (including phenoxy) is 1. The van der Waals surface area contributed by atoms with Crippen LogP contribution in [0.3, 0.4) is 0 Å². The molecule has 1 amide bonds. The average Bonchev–Trinajstić information content (AvgIpc) is 3.03. The molecule has 2 N–H and O–H groups in total. The van der Waals surface area contributed by atoms with Gasteiger partial charge in [0.2, 0.25) is 5.91 Å². The number of amides is 1. The Hall–Kier alpha value is -2.68. The van der Waals surface area contributed by atoms with Gasteiger partial charge in [-0.25, -0.2) is 18.2 Å². The number of nitrogens with one attached hydrogen (secondary N) is 2. The highest BCUT2D eigenvalue weighted by atomic mass is 32.2. The van der Waals surface area contributed by atoms with E-state index in [2.05, 4.69) is 15.3 Å². The van der Waals surface area contributed by atoms with Crippen molar-refractivity contribution in [2.75, 3.05) is 11.9 Å². The molecule has 0 fully saturated rings. The van der Waals surface area contributed by atoms with Crippen LogP contribution in [0.1, 0.15) is 13.8 Å². The first-order valence-electron chi connectivity index (χ1n) is 8.12. The summed E-state index contributed by atoms with van der Waals surface area (Å²) in [4.78, 5) is 19.7. The summed E-state index contributed by atoms with van der Waals surface area (Å²) in [7, 11) is 0. The average molecular weight is 395 g/mol. The number of hydrogen-bond donors (Lipinski definition) is 2. The third-order valence-electron chi connectivity index (χ3n) is 3.69. The fraction of sp³-hybridized carbons (Fsp3) is 0.222. The number of anilines is 1. The second kappa shape index (κ2) is 7.91. The summed E-state index contributed by atoms with van der Waals surface area (Å²) in [6, 6.07) is 7.11. The van der Waals surface area contributed by atoms with Crippen molar-refractivity contribution >= 4 is 34.4 Å². The molecule has 1 aromatic heterocycles. The fourth-order valence-electron chi connectivity index (χ4n) is 2.36. The van der Waals surface area contributed by atoms with E-state index in [9.17, 15) is 18.0 Å². The van der Waals surface area contributed by atoms with E-state index in [1.54, 1.807) is 25.1 Å². The Balaban J connectivity index is 1.71. The maximum Gasteiger partial charge on any atom is 0.237 e. The molecule has 0 aliphatic heterocycles. The van der Waals surface area contributed by atoms with Gasteiger partial charge in [0, 0.05) is 6.07 Å². The van der Waals surface area contributed by atoms with Crippen molar-refractivity contribution in [3.05, 3.63) is 47.8 Å². The lowest BCUT2D eigenvalue weighted by Crippen LogP contribution is -2.23. The smallest absolute Gasteiger partial charge is 0.237 e. The van der Waals surface area contributed by atoms with Crippen LogP contribution in [0, 0.1) is 17.5 Å². The number of thioether (sulfide) groups is 1. The third-order valence-corrected chi connectivity index (χ3v) is 4.68. The normalized spacial score (nSPS) is 12.2. The molecular weight excluding hydrogens is 379 g/mol. The highest BCUT2D eigenvalue weighted by Crippen LogP contribution is 2.27. The zero-order chi connectivity index (χ0) is 19.6. The molecule has 142 valence electrons. The number of carbonyl (C=O) groups excluding carboxylic acids is 1. The van der Waals surface area contributed by atoms with Crippen LogP contribution in [0.5, 0.6) is 5.75 Å². The summed E-state index contributed by atoms with van der Waals surface area (Å²) in [5.74, 6) is -4.25. The number of fused-ring (bicyclic) bond motifs is 1. The summed E-state index contributed by atoms with van der Waals surface area (Å²) >= 11 is 1.12. The van der Waals surface area contributed by atoms with Crippen LogP contribution in [-0.4, -0.2) is 27.7 Å². The van der Waals surface area contributed by atoms with Crippen LogP contribution in [0.4, 0.5) is 18.9 Å². The van der Waals surface area contributed by atoms with Gasteiger partial charge in [0.25, 0.3) is 0 Å². The Morgan fingerprint density at radius 2 is 2.04 bits per heavy atom. The van der Waals surface area contributed by atoms with Crippen molar-refractivity contribution in [1.82, 2.24) is 9.97 Å². The van der Waals surface area contributed by atoms with Crippen molar-refractivity contribution in [1.29, 1.82) is 0 Å². The van der Waals surface area contributed by atoms with Crippen LogP contribution in [-0.2, 0) is 4.79 Å². The van der Waals surface area contributed by atoms with Crippen molar-refractivity contribution < 1.29 is 22.7 Å². The summed E-state index contributed by atoms with van der Waals surface area (Å²) in [5.41, 5.74) is 1.04. The van der Waals surface area contributed by atoms with Crippen LogP contribution in [0.2, 0.25) is 0 Å². The number of aromatic nitrogens is 2. The quantitative estimate of drug-likeness (QED) is 0.476. The molecule has 0 spiro atoms. The molecule has 3 aromatic rings. The van der Waals surface area contributed by atoms with Gasteiger partial charge in [-0.3, -0.25) is 4.79 Å². The molecule has 0 aliphatic carbocycles. The fourth-order valence-corrected chi connectivity index (χ4v) is 3.18. The zero-order valence-corrected chi connectivity index (χ0v) is 15.3. The van der Waals surface area contributed by atoms with Crippen molar-refractivity contribution in [3.8, 4) is 5.75 Å². The molecule has 1 heterocycles. The number of carbonyl (C=O) groups is 1. The molecule has 1 atom stereocenters. The minimum atomic E-state index is -1.63. The first kappa shape index (κ1) is 19.1. The SMILES string of the molecule is CCOc1ccc2nc(SC(C)C(=O)Nc3ccc(F)c(F)c3F)[nH]c2c1. The van der Waals surface area contributed by atoms with E-state index in [1.165, 1.54) is 0 Å². The van der Waals surface area contributed by atoms with Gasteiger partial charge in [-0.1, -0.05) is 11.8 Å². The van der Waals surface area contributed by atoms with Gasteiger partial charge in [0.1, 0.15) is 5.75 Å². The molecule has 3 rings (SSSR count). The van der Waals surface area contributed by atoms with E-state index in [4.69, 9.17) is 4.74 Å². The van der Waals surface area contributed by atoms with Gasteiger partial charge in [-0.15, -0.1) is 0 Å². The molecule has 0 saturated heterocycles. The zero-order valence-electron chi connectivity index (χ0n) is 14.5. The molecule has 5 nitrogen and oxygen atoms in total. The molecule has 0 saturated carbocycles. The largest absolute Gasteiger partial charge is 0.494 e. The van der Waals surface area contributed by atoms with Gasteiger partial charge >= 0.3 is 0 Å². The lowest BCUT2D eigenvalue weighted by molar-refractivity contribution is -0.115. The number of H-pyrrole nitrogens is 1. The van der Waals surface area contributed by atoms with Gasteiger partial charge in [0.15, 0.2) is 22.6 Å². The second-order valence-corrected chi connectivity index (χ2v) is 6.96. The van der Waals surface area contributed by atoms with Gasteiger partial charge < -0.3 is 15.0 Å². The second-order valence-electron chi connectivity index (χ2n) is 5.63. The molecule has 27 heavy (non-hydrogen) atoms. The standard InChI is InChI=1S/C18H16F3N3O2S/c1-3-26-10-4-6-12-14(8-10)24-18(23-12)27-9(2)17(25)22-13-7-5-11(19)15(20)16(13)21/h4-9H,3H2,1-2H3,(H,22,25)(H,23,24). The van der Waals surface area contributed by atoms with E-state index in [-0.39, 0.29) is 0 Å². The molecule has 0 bridgehead atoms. The van der Waals surface area contributed by atoms with Crippen molar-refractivity contribution in [2.45, 2.75) is 24.3 Å². The molecule has 2 aromatic carbocycles. The third kappa shape index (κ3) is 4.19. The van der Waals surface area contributed by atoms with E-state index in [0.29, 0.717) is 23.0 Å². The minimum Gasteiger partial charge on any atom is -0.494 e.